The maximum absolute atomic E-state index is 11.3. The molecule has 0 unspecified atom stereocenters. The van der Waals surface area contributed by atoms with Crippen molar-refractivity contribution in [3.05, 3.63) is 9.81 Å². The average molecular weight is 214 g/mol. The predicted molar refractivity (Wildman–Crippen MR) is 60.0 cm³/mol. The normalized spacial score (nSPS) is 25.1. The highest BCUT2D eigenvalue weighted by Crippen LogP contribution is 2.40. The Morgan fingerprint density at radius 3 is 2.46 bits per heavy atom. The summed E-state index contributed by atoms with van der Waals surface area (Å²) in [5.74, 6) is 2.94. The van der Waals surface area contributed by atoms with Crippen LogP contribution >= 0.6 is 23.5 Å². The van der Waals surface area contributed by atoms with Crippen LogP contribution in [-0.2, 0) is 4.79 Å². The smallest absolute Gasteiger partial charge is 0.137 e. The maximum atomic E-state index is 11.3. The van der Waals surface area contributed by atoms with Crippen molar-refractivity contribution < 1.29 is 4.79 Å². The molecular weight excluding hydrogens is 200 g/mol. The van der Waals surface area contributed by atoms with Gasteiger partial charge in [0.05, 0.1) is 0 Å². The second kappa shape index (κ2) is 4.56. The Morgan fingerprint density at radius 2 is 1.77 bits per heavy atom. The fourth-order valence-corrected chi connectivity index (χ4v) is 4.44. The summed E-state index contributed by atoms with van der Waals surface area (Å²) in [7, 11) is 0. The van der Waals surface area contributed by atoms with Crippen LogP contribution in [-0.4, -0.2) is 17.3 Å². The molecule has 1 aliphatic heterocycles. The molecule has 13 heavy (non-hydrogen) atoms. The number of Topliss-reactive ketones (excluding diaryl/α,β-unsaturated/α-hetero) is 1. The van der Waals surface area contributed by atoms with E-state index in [-0.39, 0.29) is 0 Å². The van der Waals surface area contributed by atoms with Crippen LogP contribution < -0.4 is 0 Å². The van der Waals surface area contributed by atoms with Gasteiger partial charge < -0.3 is 0 Å². The highest BCUT2D eigenvalue weighted by atomic mass is 32.2. The first-order chi connectivity index (χ1) is 6.36. The predicted octanol–water partition coefficient (Wildman–Crippen LogP) is 3.21. The van der Waals surface area contributed by atoms with Crippen molar-refractivity contribution in [3.8, 4) is 0 Å². The Morgan fingerprint density at radius 1 is 1.00 bits per heavy atom. The lowest BCUT2D eigenvalue weighted by atomic mass is 9.95. The van der Waals surface area contributed by atoms with Gasteiger partial charge in [-0.05, 0) is 36.3 Å². The van der Waals surface area contributed by atoms with E-state index >= 15 is 0 Å². The summed E-state index contributed by atoms with van der Waals surface area (Å²) in [5.41, 5.74) is 1.44. The molecular formula is C10H14OS2. The summed E-state index contributed by atoms with van der Waals surface area (Å²) in [6, 6.07) is 0. The van der Waals surface area contributed by atoms with Gasteiger partial charge in [-0.2, -0.15) is 0 Å². The monoisotopic (exact) mass is 214 g/mol. The van der Waals surface area contributed by atoms with Crippen molar-refractivity contribution in [1.29, 1.82) is 0 Å². The number of ketones is 1. The highest BCUT2D eigenvalue weighted by Gasteiger charge is 2.18. The lowest BCUT2D eigenvalue weighted by Crippen LogP contribution is -2.08. The first-order valence-corrected chi connectivity index (χ1v) is 6.83. The third-order valence-corrected chi connectivity index (χ3v) is 5.18. The second-order valence-corrected chi connectivity index (χ2v) is 5.98. The molecule has 1 saturated heterocycles. The molecule has 0 N–H and O–H groups in total. The van der Waals surface area contributed by atoms with E-state index in [9.17, 15) is 4.79 Å². The van der Waals surface area contributed by atoms with Crippen molar-refractivity contribution in [1.82, 2.24) is 0 Å². The SMILES string of the molecule is O=C1CCCC(=C2SCCCS2)C1. The zero-order valence-corrected chi connectivity index (χ0v) is 9.31. The Kier molecular flexibility index (Phi) is 3.39. The minimum atomic E-state index is 0.445. The third-order valence-electron chi connectivity index (χ3n) is 2.39. The van der Waals surface area contributed by atoms with Gasteiger partial charge in [-0.15, -0.1) is 23.5 Å². The van der Waals surface area contributed by atoms with Gasteiger partial charge >= 0.3 is 0 Å². The topological polar surface area (TPSA) is 17.1 Å². The van der Waals surface area contributed by atoms with Gasteiger partial charge in [0.15, 0.2) is 0 Å². The summed E-state index contributed by atoms with van der Waals surface area (Å²) < 4.78 is 1.47. The quantitative estimate of drug-likeness (QED) is 0.616. The Hall–Kier alpha value is 0.110. The zero-order chi connectivity index (χ0) is 9.10. The van der Waals surface area contributed by atoms with E-state index in [2.05, 4.69) is 0 Å². The van der Waals surface area contributed by atoms with Gasteiger partial charge in [0.25, 0.3) is 0 Å². The minimum Gasteiger partial charge on any atom is -0.299 e. The molecule has 0 atom stereocenters. The van der Waals surface area contributed by atoms with E-state index < -0.39 is 0 Å². The summed E-state index contributed by atoms with van der Waals surface area (Å²) in [5, 5.41) is 0. The number of carbonyl (C=O) groups is 1. The van der Waals surface area contributed by atoms with Crippen molar-refractivity contribution >= 4 is 29.3 Å². The molecule has 2 fully saturated rings. The molecule has 0 spiro atoms. The molecule has 0 aromatic carbocycles. The number of hydrogen-bond acceptors (Lipinski definition) is 3. The van der Waals surface area contributed by atoms with E-state index in [0.717, 1.165) is 19.3 Å². The average Bonchev–Trinajstić information content (AvgIpc) is 2.19. The van der Waals surface area contributed by atoms with Gasteiger partial charge in [0.1, 0.15) is 5.78 Å². The molecule has 0 aromatic rings. The Balaban J connectivity index is 2.06. The van der Waals surface area contributed by atoms with E-state index in [1.54, 1.807) is 0 Å². The van der Waals surface area contributed by atoms with Crippen LogP contribution in [0.3, 0.4) is 0 Å². The summed E-state index contributed by atoms with van der Waals surface area (Å²) in [6.45, 7) is 0. The van der Waals surface area contributed by atoms with Crippen LogP contribution in [0, 0.1) is 0 Å². The number of thioether (sulfide) groups is 2. The molecule has 1 heterocycles. The fraction of sp³-hybridized carbons (Fsp3) is 0.700. The number of rotatable bonds is 0. The lowest BCUT2D eigenvalue weighted by Gasteiger charge is -2.20. The first kappa shape index (κ1) is 9.66. The molecule has 2 aliphatic rings. The lowest BCUT2D eigenvalue weighted by molar-refractivity contribution is -0.119. The molecule has 1 nitrogen and oxygen atoms in total. The largest absolute Gasteiger partial charge is 0.299 e. The van der Waals surface area contributed by atoms with E-state index in [1.165, 1.54) is 34.2 Å². The van der Waals surface area contributed by atoms with Crippen LogP contribution in [0.15, 0.2) is 9.81 Å². The second-order valence-electron chi connectivity index (χ2n) is 3.51. The highest BCUT2D eigenvalue weighted by molar-refractivity contribution is 8.22. The van der Waals surface area contributed by atoms with E-state index in [4.69, 9.17) is 0 Å². The molecule has 3 heteroatoms. The number of allylic oxidation sites excluding steroid dienone is 1. The Labute approximate surface area is 87.7 Å². The van der Waals surface area contributed by atoms with Crippen LogP contribution in [0.2, 0.25) is 0 Å². The molecule has 2 rings (SSSR count). The molecule has 0 bridgehead atoms. The van der Waals surface area contributed by atoms with Gasteiger partial charge in [-0.3, -0.25) is 4.79 Å². The molecule has 72 valence electrons. The molecule has 0 radical (unpaired) electrons. The van der Waals surface area contributed by atoms with Crippen molar-refractivity contribution in [2.75, 3.05) is 11.5 Å². The van der Waals surface area contributed by atoms with Crippen molar-refractivity contribution in [2.45, 2.75) is 32.1 Å². The standard InChI is InChI=1S/C10H14OS2/c11-9-4-1-3-8(7-9)10-12-5-2-6-13-10/h1-7H2. The van der Waals surface area contributed by atoms with Crippen LogP contribution in [0.5, 0.6) is 0 Å². The molecule has 0 aromatic heterocycles. The molecule has 0 amide bonds. The van der Waals surface area contributed by atoms with Crippen LogP contribution in [0.1, 0.15) is 32.1 Å². The van der Waals surface area contributed by atoms with Gasteiger partial charge in [-0.1, -0.05) is 0 Å². The van der Waals surface area contributed by atoms with Gasteiger partial charge in [-0.25, -0.2) is 0 Å². The van der Waals surface area contributed by atoms with Gasteiger partial charge in [0, 0.05) is 17.1 Å². The molecule has 1 saturated carbocycles. The summed E-state index contributed by atoms with van der Waals surface area (Å²) >= 11 is 3.92. The maximum Gasteiger partial charge on any atom is 0.137 e. The number of carbonyl (C=O) groups excluding carboxylic acids is 1. The van der Waals surface area contributed by atoms with E-state index in [1.807, 2.05) is 23.5 Å². The Bertz CT molecular complexity index is 237. The fourth-order valence-electron chi connectivity index (χ4n) is 1.72. The van der Waals surface area contributed by atoms with Crippen LogP contribution in [0.4, 0.5) is 0 Å². The zero-order valence-electron chi connectivity index (χ0n) is 7.67. The van der Waals surface area contributed by atoms with Crippen LogP contribution in [0.25, 0.3) is 0 Å². The van der Waals surface area contributed by atoms with E-state index in [0.29, 0.717) is 5.78 Å². The summed E-state index contributed by atoms with van der Waals surface area (Å²) in [6.07, 6.45) is 5.13. The minimum absolute atomic E-state index is 0.445. The summed E-state index contributed by atoms with van der Waals surface area (Å²) in [4.78, 5) is 11.3. The third kappa shape index (κ3) is 2.53. The van der Waals surface area contributed by atoms with Crippen molar-refractivity contribution in [3.63, 3.8) is 0 Å². The number of hydrogen-bond donors (Lipinski definition) is 0. The first-order valence-electron chi connectivity index (χ1n) is 4.85. The van der Waals surface area contributed by atoms with Gasteiger partial charge in [0.2, 0.25) is 0 Å². The molecule has 1 aliphatic carbocycles. The van der Waals surface area contributed by atoms with Crippen molar-refractivity contribution in [2.24, 2.45) is 0 Å².